The summed E-state index contributed by atoms with van der Waals surface area (Å²) in [6.45, 7) is 8.83. The Labute approximate surface area is 103 Å². The van der Waals surface area contributed by atoms with Gasteiger partial charge in [-0.2, -0.15) is 0 Å². The molecule has 1 rings (SSSR count). The molecule has 0 saturated carbocycles. The van der Waals surface area contributed by atoms with Gasteiger partial charge >= 0.3 is 6.09 Å². The van der Waals surface area contributed by atoms with Gasteiger partial charge in [0.1, 0.15) is 11.1 Å². The molecule has 0 N–H and O–H groups in total. The number of carbonyl (C=O) groups is 1. The van der Waals surface area contributed by atoms with Crippen LogP contribution in [0.1, 0.15) is 34.1 Å². The zero-order valence-corrected chi connectivity index (χ0v) is 11.1. The number of carbonyl (C=O) groups excluding carboxylic acids is 1. The lowest BCUT2D eigenvalue weighted by Gasteiger charge is -2.43. The van der Waals surface area contributed by atoms with Crippen LogP contribution in [0.5, 0.6) is 0 Å². The van der Waals surface area contributed by atoms with Crippen LogP contribution in [0.25, 0.3) is 0 Å². The van der Waals surface area contributed by atoms with Crippen molar-refractivity contribution in [1.82, 2.24) is 4.90 Å². The number of hydrogen-bond donors (Lipinski definition) is 0. The lowest BCUT2D eigenvalue weighted by atomic mass is 9.95. The molecule has 0 aliphatic carbocycles. The number of hydrogen-bond acceptors (Lipinski definition) is 3. The van der Waals surface area contributed by atoms with Crippen LogP contribution in [-0.2, 0) is 9.47 Å². The molecule has 1 atom stereocenters. The first-order chi connectivity index (χ1) is 7.84. The number of amides is 1. The van der Waals surface area contributed by atoms with Gasteiger partial charge in [-0.3, -0.25) is 4.90 Å². The Kier molecular flexibility index (Phi) is 4.05. The molecular weight excluding hydrogens is 218 g/mol. The molecular formula is C13H21NO3. The molecule has 4 nitrogen and oxygen atoms in total. The maximum absolute atomic E-state index is 12.1. The summed E-state index contributed by atoms with van der Waals surface area (Å²) in [6.07, 6.45) is 5.86. The maximum Gasteiger partial charge on any atom is 0.411 e. The van der Waals surface area contributed by atoms with Crippen LogP contribution in [0.2, 0.25) is 0 Å². The molecule has 1 amide bonds. The molecule has 0 bridgehead atoms. The molecule has 1 aliphatic heterocycles. The highest BCUT2D eigenvalue weighted by Gasteiger charge is 2.41. The summed E-state index contributed by atoms with van der Waals surface area (Å²) in [5, 5.41) is 0. The average molecular weight is 239 g/mol. The minimum absolute atomic E-state index is 0.361. The minimum Gasteiger partial charge on any atom is -0.444 e. The molecule has 0 spiro atoms. The van der Waals surface area contributed by atoms with Crippen molar-refractivity contribution in [3.8, 4) is 12.3 Å². The Morgan fingerprint density at radius 3 is 2.71 bits per heavy atom. The van der Waals surface area contributed by atoms with E-state index >= 15 is 0 Å². The Morgan fingerprint density at radius 1 is 1.59 bits per heavy atom. The fraction of sp³-hybridized carbons (Fsp3) is 0.769. The summed E-state index contributed by atoms with van der Waals surface area (Å²) in [5.41, 5.74) is -1.18. The van der Waals surface area contributed by atoms with Crippen molar-refractivity contribution in [3.05, 3.63) is 0 Å². The molecule has 4 heteroatoms. The zero-order valence-electron chi connectivity index (χ0n) is 11.1. The van der Waals surface area contributed by atoms with Crippen LogP contribution in [-0.4, -0.2) is 41.9 Å². The van der Waals surface area contributed by atoms with Gasteiger partial charge < -0.3 is 9.47 Å². The van der Waals surface area contributed by atoms with Crippen LogP contribution in [0.15, 0.2) is 0 Å². The Bertz CT molecular complexity index is 327. The summed E-state index contributed by atoms with van der Waals surface area (Å²) < 4.78 is 10.8. The highest BCUT2D eigenvalue weighted by molar-refractivity contribution is 5.70. The van der Waals surface area contributed by atoms with Crippen LogP contribution in [0.3, 0.4) is 0 Å². The van der Waals surface area contributed by atoms with E-state index in [4.69, 9.17) is 15.9 Å². The zero-order chi connectivity index (χ0) is 13.1. The topological polar surface area (TPSA) is 38.8 Å². The average Bonchev–Trinajstić information content (AvgIpc) is 2.26. The maximum atomic E-state index is 12.1. The lowest BCUT2D eigenvalue weighted by Crippen LogP contribution is -2.58. The van der Waals surface area contributed by atoms with Gasteiger partial charge in [0.2, 0.25) is 0 Å². The molecule has 17 heavy (non-hydrogen) atoms. The largest absolute Gasteiger partial charge is 0.444 e. The quantitative estimate of drug-likeness (QED) is 0.657. The number of terminal acetylenes is 1. The Hall–Kier alpha value is -1.21. The third-order valence-corrected chi connectivity index (χ3v) is 2.78. The van der Waals surface area contributed by atoms with Crippen molar-refractivity contribution in [2.24, 2.45) is 0 Å². The standard InChI is InChI=1S/C13H21NO3/c1-6-13(7-2)10-16-9-8-14(13)11(15)17-12(3,4)5/h1H,7-10H2,2-5H3. The second-order valence-corrected chi connectivity index (χ2v) is 5.21. The van der Waals surface area contributed by atoms with Gasteiger partial charge in [0.25, 0.3) is 0 Å². The second-order valence-electron chi connectivity index (χ2n) is 5.21. The molecule has 96 valence electrons. The minimum atomic E-state index is -0.666. The second kappa shape index (κ2) is 4.97. The van der Waals surface area contributed by atoms with E-state index in [0.717, 1.165) is 0 Å². The highest BCUT2D eigenvalue weighted by Crippen LogP contribution is 2.25. The third kappa shape index (κ3) is 3.13. The van der Waals surface area contributed by atoms with Gasteiger partial charge in [-0.25, -0.2) is 4.79 Å². The summed E-state index contributed by atoms with van der Waals surface area (Å²) in [5.74, 6) is 2.68. The molecule has 1 saturated heterocycles. The van der Waals surface area contributed by atoms with Crippen molar-refractivity contribution < 1.29 is 14.3 Å². The molecule has 1 fully saturated rings. The third-order valence-electron chi connectivity index (χ3n) is 2.78. The Morgan fingerprint density at radius 2 is 2.24 bits per heavy atom. The summed E-state index contributed by atoms with van der Waals surface area (Å²) in [4.78, 5) is 13.7. The van der Waals surface area contributed by atoms with E-state index in [0.29, 0.717) is 26.2 Å². The summed E-state index contributed by atoms with van der Waals surface area (Å²) in [6, 6.07) is 0. The van der Waals surface area contributed by atoms with Crippen molar-refractivity contribution in [1.29, 1.82) is 0 Å². The van der Waals surface area contributed by atoms with Crippen molar-refractivity contribution >= 4 is 6.09 Å². The summed E-state index contributed by atoms with van der Waals surface area (Å²) >= 11 is 0. The number of rotatable bonds is 1. The first-order valence-electron chi connectivity index (χ1n) is 5.91. The first kappa shape index (κ1) is 13.9. The van der Waals surface area contributed by atoms with Gasteiger partial charge in [0, 0.05) is 6.54 Å². The Balaban J connectivity index is 2.86. The fourth-order valence-corrected chi connectivity index (χ4v) is 1.79. The van der Waals surface area contributed by atoms with Crippen LogP contribution in [0, 0.1) is 12.3 Å². The van der Waals surface area contributed by atoms with Crippen LogP contribution >= 0.6 is 0 Å². The highest BCUT2D eigenvalue weighted by atomic mass is 16.6. The molecule has 1 unspecified atom stereocenters. The monoisotopic (exact) mass is 239 g/mol. The van der Waals surface area contributed by atoms with E-state index in [2.05, 4.69) is 5.92 Å². The van der Waals surface area contributed by atoms with Crippen LogP contribution < -0.4 is 0 Å². The van der Waals surface area contributed by atoms with Crippen molar-refractivity contribution in [2.45, 2.75) is 45.3 Å². The van der Waals surface area contributed by atoms with Crippen molar-refractivity contribution in [3.63, 3.8) is 0 Å². The molecule has 1 heterocycles. The molecule has 1 aliphatic rings. The molecule has 0 aromatic heterocycles. The number of nitrogens with zero attached hydrogens (tertiary/aromatic N) is 1. The van der Waals surface area contributed by atoms with Gasteiger partial charge in [-0.05, 0) is 27.2 Å². The normalized spacial score (nSPS) is 25.2. The van der Waals surface area contributed by atoms with Crippen molar-refractivity contribution in [2.75, 3.05) is 19.8 Å². The lowest BCUT2D eigenvalue weighted by molar-refractivity contribution is -0.0551. The SMILES string of the molecule is C#CC1(CC)COCCN1C(=O)OC(C)(C)C. The van der Waals surface area contributed by atoms with E-state index in [1.807, 2.05) is 27.7 Å². The van der Waals surface area contributed by atoms with Gasteiger partial charge in [0.05, 0.1) is 13.2 Å². The fourth-order valence-electron chi connectivity index (χ4n) is 1.79. The molecule has 0 aromatic rings. The van der Waals surface area contributed by atoms with Gasteiger partial charge in [-0.15, -0.1) is 6.42 Å². The van der Waals surface area contributed by atoms with E-state index in [1.54, 1.807) is 4.90 Å². The predicted molar refractivity (Wildman–Crippen MR) is 65.6 cm³/mol. The van der Waals surface area contributed by atoms with E-state index in [-0.39, 0.29) is 6.09 Å². The first-order valence-corrected chi connectivity index (χ1v) is 5.91. The number of morpholine rings is 1. The molecule has 0 aromatic carbocycles. The van der Waals surface area contributed by atoms with Crippen LogP contribution in [0.4, 0.5) is 4.79 Å². The van der Waals surface area contributed by atoms with E-state index in [9.17, 15) is 4.79 Å². The van der Waals surface area contributed by atoms with E-state index in [1.165, 1.54) is 0 Å². The predicted octanol–water partition coefficient (Wildman–Crippen LogP) is 2.04. The molecule has 0 radical (unpaired) electrons. The number of ether oxygens (including phenoxy) is 2. The smallest absolute Gasteiger partial charge is 0.411 e. The van der Waals surface area contributed by atoms with E-state index < -0.39 is 11.1 Å². The summed E-state index contributed by atoms with van der Waals surface area (Å²) in [7, 11) is 0. The van der Waals surface area contributed by atoms with Gasteiger partial charge in [-0.1, -0.05) is 12.8 Å². The van der Waals surface area contributed by atoms with Gasteiger partial charge in [0.15, 0.2) is 0 Å².